The number of aryl methyl sites for hydroxylation is 2. The minimum absolute atomic E-state index is 0.0135. The van der Waals surface area contributed by atoms with Crippen molar-refractivity contribution >= 4 is 23.0 Å². The van der Waals surface area contributed by atoms with E-state index in [2.05, 4.69) is 26.1 Å². The maximum atomic E-state index is 13.2. The highest BCUT2D eigenvalue weighted by molar-refractivity contribution is 7.14. The van der Waals surface area contributed by atoms with E-state index in [1.807, 2.05) is 6.07 Å². The summed E-state index contributed by atoms with van der Waals surface area (Å²) in [6.07, 6.45) is 4.17. The van der Waals surface area contributed by atoms with Gasteiger partial charge in [0.05, 0.1) is 12.0 Å². The van der Waals surface area contributed by atoms with Gasteiger partial charge in [0.25, 0.3) is 0 Å². The van der Waals surface area contributed by atoms with Crippen molar-refractivity contribution in [2.45, 2.75) is 65.4 Å². The monoisotopic (exact) mass is 503 g/mol. The number of amides is 1. The average Bonchev–Trinajstić information content (AvgIpc) is 3.21. The van der Waals surface area contributed by atoms with E-state index in [0.29, 0.717) is 29.8 Å². The van der Waals surface area contributed by atoms with Crippen LogP contribution in [0, 0.1) is 5.41 Å². The zero-order valence-electron chi connectivity index (χ0n) is 21.1. The fourth-order valence-electron chi connectivity index (χ4n) is 4.48. The lowest BCUT2D eigenvalue weighted by molar-refractivity contribution is -0.124. The third-order valence-corrected chi connectivity index (χ3v) is 7.94. The number of carbonyl (C=O) groups excluding carboxylic acids is 2. The molecule has 1 unspecified atom stereocenters. The molecular weight excluding hydrogens is 466 g/mol. The number of hydrogen-bond acceptors (Lipinski definition) is 7. The topological polar surface area (TPSA) is 105 Å². The Morgan fingerprint density at radius 3 is 2.71 bits per heavy atom. The first kappa shape index (κ1) is 27.2. The minimum atomic E-state index is -0.913. The Bertz CT molecular complexity index is 1040. The van der Waals surface area contributed by atoms with Crippen molar-refractivity contribution in [1.29, 1.82) is 0 Å². The number of benzene rings is 1. The highest BCUT2D eigenvalue weighted by Crippen LogP contribution is 2.42. The van der Waals surface area contributed by atoms with Gasteiger partial charge in [-0.25, -0.2) is 0 Å². The van der Waals surface area contributed by atoms with E-state index in [0.717, 1.165) is 36.1 Å². The van der Waals surface area contributed by atoms with Crippen molar-refractivity contribution in [2.75, 3.05) is 26.9 Å². The molecule has 0 spiro atoms. The van der Waals surface area contributed by atoms with Gasteiger partial charge in [-0.1, -0.05) is 26.8 Å². The van der Waals surface area contributed by atoms with Crippen LogP contribution >= 0.6 is 11.3 Å². The average molecular weight is 504 g/mol. The van der Waals surface area contributed by atoms with E-state index in [4.69, 9.17) is 14.6 Å². The van der Waals surface area contributed by atoms with Crippen molar-refractivity contribution in [3.63, 3.8) is 0 Å². The first-order valence-corrected chi connectivity index (χ1v) is 13.0. The molecule has 0 radical (unpaired) electrons. The quantitative estimate of drug-likeness (QED) is 0.383. The van der Waals surface area contributed by atoms with Crippen molar-refractivity contribution in [1.82, 2.24) is 5.32 Å². The summed E-state index contributed by atoms with van der Waals surface area (Å²) in [5.74, 6) is 0.790. The number of nitrogens with one attached hydrogen (secondary N) is 1. The van der Waals surface area contributed by atoms with Crippen LogP contribution in [-0.4, -0.2) is 54.9 Å². The third kappa shape index (κ3) is 7.06. The maximum absolute atomic E-state index is 13.2. The van der Waals surface area contributed by atoms with Gasteiger partial charge in [-0.2, -0.15) is 0 Å². The Hall–Kier alpha value is -2.42. The van der Waals surface area contributed by atoms with Gasteiger partial charge in [0.15, 0.2) is 5.78 Å². The van der Waals surface area contributed by atoms with Crippen molar-refractivity contribution in [3.05, 3.63) is 44.6 Å². The molecular formula is C27H37NO6S. The number of hydrogen-bond donors (Lipinski definition) is 3. The van der Waals surface area contributed by atoms with Gasteiger partial charge in [-0.05, 0) is 60.3 Å². The number of carbonyl (C=O) groups is 2. The van der Waals surface area contributed by atoms with E-state index in [1.54, 1.807) is 30.6 Å². The fourth-order valence-corrected chi connectivity index (χ4v) is 5.76. The molecule has 7 nitrogen and oxygen atoms in total. The molecule has 1 aromatic carbocycles. The standard InChI is InChI=1S/C27H37NO6S/c1-5-24-21-13-27(2,3)11-10-20(21)26(35-24)22(31)9-7-17-6-8-19(12-23(17)33-4)34-16-18(30)14-28-25(32)15-29/h6,8,12,18,29-30H,5,7,9-11,13-16H2,1-4H3,(H,28,32). The number of aliphatic hydroxyl groups excluding tert-OH is 2. The summed E-state index contributed by atoms with van der Waals surface area (Å²) in [6, 6.07) is 5.40. The summed E-state index contributed by atoms with van der Waals surface area (Å²) >= 11 is 1.68. The Kier molecular flexibility index (Phi) is 9.33. The fraction of sp³-hybridized carbons (Fsp3) is 0.556. The van der Waals surface area contributed by atoms with Crippen molar-refractivity contribution in [3.8, 4) is 11.5 Å². The van der Waals surface area contributed by atoms with Crippen LogP contribution in [0.1, 0.15) is 64.9 Å². The van der Waals surface area contributed by atoms with E-state index in [1.165, 1.54) is 16.0 Å². The predicted octanol–water partition coefficient (Wildman–Crippen LogP) is 3.50. The predicted molar refractivity (Wildman–Crippen MR) is 137 cm³/mol. The SMILES string of the molecule is CCc1sc(C(=O)CCc2ccc(OCC(O)CNC(=O)CO)cc2OC)c2c1CC(C)(C)CC2. The summed E-state index contributed by atoms with van der Waals surface area (Å²) in [4.78, 5) is 26.6. The van der Waals surface area contributed by atoms with Crippen LogP contribution in [0.15, 0.2) is 18.2 Å². The van der Waals surface area contributed by atoms with Gasteiger partial charge in [0.1, 0.15) is 30.8 Å². The maximum Gasteiger partial charge on any atom is 0.245 e. The molecule has 3 N–H and O–H groups in total. The van der Waals surface area contributed by atoms with Crippen molar-refractivity contribution < 1.29 is 29.3 Å². The van der Waals surface area contributed by atoms with Crippen LogP contribution < -0.4 is 14.8 Å². The lowest BCUT2D eigenvalue weighted by Crippen LogP contribution is -2.36. The molecule has 2 aromatic rings. The molecule has 8 heteroatoms. The summed E-state index contributed by atoms with van der Waals surface area (Å²) in [7, 11) is 1.58. The second-order valence-corrected chi connectivity index (χ2v) is 10.9. The molecule has 1 amide bonds. The van der Waals surface area contributed by atoms with Gasteiger partial charge in [-0.15, -0.1) is 11.3 Å². The van der Waals surface area contributed by atoms with Crippen LogP contribution in [0.5, 0.6) is 11.5 Å². The molecule has 1 aliphatic rings. The van der Waals surface area contributed by atoms with Gasteiger partial charge in [-0.3, -0.25) is 9.59 Å². The lowest BCUT2D eigenvalue weighted by atomic mass is 9.74. The molecule has 192 valence electrons. The first-order chi connectivity index (χ1) is 16.7. The summed E-state index contributed by atoms with van der Waals surface area (Å²) in [5.41, 5.74) is 3.90. The molecule has 35 heavy (non-hydrogen) atoms. The molecule has 0 aliphatic heterocycles. The summed E-state index contributed by atoms with van der Waals surface area (Å²) in [6.45, 7) is 6.13. The molecule has 1 aromatic heterocycles. The van der Waals surface area contributed by atoms with E-state index in [-0.39, 0.29) is 18.9 Å². The Morgan fingerprint density at radius 1 is 1.26 bits per heavy atom. The molecule has 0 fully saturated rings. The second kappa shape index (κ2) is 12.0. The highest BCUT2D eigenvalue weighted by Gasteiger charge is 2.31. The van der Waals surface area contributed by atoms with Gasteiger partial charge in [0.2, 0.25) is 5.91 Å². The number of ether oxygens (including phenoxy) is 2. The Labute approximate surface area is 211 Å². The van der Waals surface area contributed by atoms with Crippen LogP contribution in [-0.2, 0) is 30.5 Å². The number of fused-ring (bicyclic) bond motifs is 1. The summed E-state index contributed by atoms with van der Waals surface area (Å²) in [5, 5.41) is 21.0. The smallest absolute Gasteiger partial charge is 0.245 e. The molecule has 1 heterocycles. The third-order valence-electron chi connectivity index (χ3n) is 6.48. The molecule has 1 atom stereocenters. The Balaban J connectivity index is 1.61. The molecule has 0 bridgehead atoms. The van der Waals surface area contributed by atoms with Crippen molar-refractivity contribution in [2.24, 2.45) is 5.41 Å². The Morgan fingerprint density at radius 2 is 2.03 bits per heavy atom. The number of ketones is 1. The van der Waals surface area contributed by atoms with Crippen LogP contribution in [0.4, 0.5) is 0 Å². The van der Waals surface area contributed by atoms with Crippen LogP contribution in [0.2, 0.25) is 0 Å². The van der Waals surface area contributed by atoms with E-state index in [9.17, 15) is 14.7 Å². The number of thiophene rings is 1. The van der Waals surface area contributed by atoms with Gasteiger partial charge in [0, 0.05) is 23.9 Å². The number of Topliss-reactive ketones (excluding diaryl/α,β-unsaturated/α-hetero) is 1. The normalized spacial score (nSPS) is 15.3. The van der Waals surface area contributed by atoms with Crippen LogP contribution in [0.25, 0.3) is 0 Å². The zero-order chi connectivity index (χ0) is 25.6. The molecule has 0 saturated heterocycles. The highest BCUT2D eigenvalue weighted by atomic mass is 32.1. The minimum Gasteiger partial charge on any atom is -0.496 e. The second-order valence-electron chi connectivity index (χ2n) is 9.83. The number of aliphatic hydroxyl groups is 2. The van der Waals surface area contributed by atoms with Gasteiger partial charge < -0.3 is 25.0 Å². The molecule has 0 saturated carbocycles. The first-order valence-electron chi connectivity index (χ1n) is 12.2. The van der Waals surface area contributed by atoms with Crippen LogP contribution in [0.3, 0.4) is 0 Å². The molecule has 1 aliphatic carbocycles. The van der Waals surface area contributed by atoms with E-state index >= 15 is 0 Å². The van der Waals surface area contributed by atoms with E-state index < -0.39 is 18.6 Å². The lowest BCUT2D eigenvalue weighted by Gasteiger charge is -2.30. The van der Waals surface area contributed by atoms with Gasteiger partial charge >= 0.3 is 0 Å². The molecule has 3 rings (SSSR count). The summed E-state index contributed by atoms with van der Waals surface area (Å²) < 4.78 is 11.1. The zero-order valence-corrected chi connectivity index (χ0v) is 21.9. The largest absolute Gasteiger partial charge is 0.496 e. The number of rotatable bonds is 12. The number of methoxy groups -OCH3 is 1.